The molecular weight excluding hydrogens is 224 g/mol. The predicted octanol–water partition coefficient (Wildman–Crippen LogP) is -0.172. The van der Waals surface area contributed by atoms with E-state index in [4.69, 9.17) is 5.11 Å². The van der Waals surface area contributed by atoms with Gasteiger partial charge in [-0.2, -0.15) is 0 Å². The molecule has 0 aromatic carbocycles. The molecule has 0 aliphatic heterocycles. The molecule has 1 amide bonds. The smallest absolute Gasteiger partial charge is 0.325 e. The van der Waals surface area contributed by atoms with Gasteiger partial charge in [0.1, 0.15) is 6.04 Å². The summed E-state index contributed by atoms with van der Waals surface area (Å²) in [5.41, 5.74) is -0.188. The normalized spacial score (nSPS) is 11.8. The van der Waals surface area contributed by atoms with Crippen molar-refractivity contribution < 1.29 is 14.7 Å². The second kappa shape index (κ2) is 5.83. The van der Waals surface area contributed by atoms with Crippen molar-refractivity contribution in [3.05, 3.63) is 34.7 Å². The van der Waals surface area contributed by atoms with Crippen LogP contribution in [0.1, 0.15) is 13.3 Å². The van der Waals surface area contributed by atoms with Gasteiger partial charge in [-0.25, -0.2) is 0 Å². The van der Waals surface area contributed by atoms with Crippen LogP contribution in [0.2, 0.25) is 0 Å². The van der Waals surface area contributed by atoms with E-state index in [0.717, 1.165) is 0 Å². The molecule has 1 aromatic rings. The van der Waals surface area contributed by atoms with E-state index in [0.29, 0.717) is 0 Å². The van der Waals surface area contributed by atoms with Crippen molar-refractivity contribution in [2.24, 2.45) is 0 Å². The van der Waals surface area contributed by atoms with Crippen molar-refractivity contribution in [3.8, 4) is 0 Å². The molecule has 0 aliphatic rings. The first-order chi connectivity index (χ1) is 8.00. The second-order valence-corrected chi connectivity index (χ2v) is 3.61. The highest BCUT2D eigenvalue weighted by Gasteiger charge is 2.13. The molecule has 6 heteroatoms. The van der Waals surface area contributed by atoms with Crippen molar-refractivity contribution in [1.29, 1.82) is 0 Å². The van der Waals surface area contributed by atoms with Crippen LogP contribution in [-0.4, -0.2) is 27.6 Å². The monoisotopic (exact) mass is 238 g/mol. The summed E-state index contributed by atoms with van der Waals surface area (Å²) in [5.74, 6) is -1.48. The van der Waals surface area contributed by atoms with Crippen LogP contribution in [0.5, 0.6) is 0 Å². The van der Waals surface area contributed by atoms with Gasteiger partial charge in [0.25, 0.3) is 5.56 Å². The zero-order valence-electron chi connectivity index (χ0n) is 9.42. The Morgan fingerprint density at radius 3 is 2.76 bits per heavy atom. The van der Waals surface area contributed by atoms with Gasteiger partial charge in [-0.15, -0.1) is 0 Å². The Hall–Kier alpha value is -2.11. The molecule has 1 heterocycles. The van der Waals surface area contributed by atoms with Crippen molar-refractivity contribution in [2.75, 3.05) is 0 Å². The first kappa shape index (κ1) is 13.0. The van der Waals surface area contributed by atoms with Crippen molar-refractivity contribution in [3.63, 3.8) is 0 Å². The maximum Gasteiger partial charge on any atom is 0.325 e. The van der Waals surface area contributed by atoms with Gasteiger partial charge in [0.2, 0.25) is 5.91 Å². The zero-order valence-corrected chi connectivity index (χ0v) is 9.42. The fourth-order valence-corrected chi connectivity index (χ4v) is 1.24. The van der Waals surface area contributed by atoms with Crippen LogP contribution in [-0.2, 0) is 16.1 Å². The summed E-state index contributed by atoms with van der Waals surface area (Å²) in [4.78, 5) is 33.1. The summed E-state index contributed by atoms with van der Waals surface area (Å²) < 4.78 is 1.39. The maximum atomic E-state index is 11.4. The average Bonchev–Trinajstić information content (AvgIpc) is 2.27. The molecule has 0 saturated carbocycles. The molecular formula is C11H14N2O4. The lowest BCUT2D eigenvalue weighted by Crippen LogP contribution is -2.38. The number of carbonyl (C=O) groups is 2. The molecule has 0 saturated heterocycles. The number of carboxylic acid groups (broad SMARTS) is 1. The fraction of sp³-hybridized carbons (Fsp3) is 0.364. The Morgan fingerprint density at radius 2 is 2.18 bits per heavy atom. The van der Waals surface area contributed by atoms with Crippen molar-refractivity contribution >= 4 is 11.9 Å². The number of nitrogens with zero attached hydrogens (tertiary/aromatic N) is 1. The van der Waals surface area contributed by atoms with Crippen LogP contribution in [0.4, 0.5) is 0 Å². The lowest BCUT2D eigenvalue weighted by molar-refractivity contribution is -0.141. The third-order valence-corrected chi connectivity index (χ3v) is 2.23. The number of amides is 1. The molecule has 92 valence electrons. The number of nitrogens with one attached hydrogen (secondary N) is 1. The van der Waals surface area contributed by atoms with Gasteiger partial charge in [0.15, 0.2) is 0 Å². The molecule has 1 aromatic heterocycles. The average molecular weight is 238 g/mol. The molecule has 0 unspecified atom stereocenters. The van der Waals surface area contributed by atoms with Gasteiger partial charge in [-0.1, -0.05) is 6.07 Å². The highest BCUT2D eigenvalue weighted by atomic mass is 16.4. The van der Waals surface area contributed by atoms with Gasteiger partial charge in [-0.3, -0.25) is 14.4 Å². The highest BCUT2D eigenvalue weighted by molar-refractivity contribution is 5.83. The van der Waals surface area contributed by atoms with E-state index < -0.39 is 17.9 Å². The van der Waals surface area contributed by atoms with Crippen LogP contribution in [0.3, 0.4) is 0 Å². The van der Waals surface area contributed by atoms with E-state index in [9.17, 15) is 14.4 Å². The number of pyridine rings is 1. The summed E-state index contributed by atoms with van der Waals surface area (Å²) in [6, 6.07) is 3.79. The van der Waals surface area contributed by atoms with Crippen LogP contribution < -0.4 is 10.9 Å². The third kappa shape index (κ3) is 4.10. The molecule has 0 aliphatic carbocycles. The third-order valence-electron chi connectivity index (χ3n) is 2.23. The number of hydrogen-bond acceptors (Lipinski definition) is 3. The Morgan fingerprint density at radius 1 is 1.47 bits per heavy atom. The number of aromatic nitrogens is 1. The summed E-state index contributed by atoms with van der Waals surface area (Å²) >= 11 is 0. The second-order valence-electron chi connectivity index (χ2n) is 3.61. The number of aryl methyl sites for hydroxylation is 1. The lowest BCUT2D eigenvalue weighted by atomic mass is 10.3. The fourth-order valence-electron chi connectivity index (χ4n) is 1.24. The minimum absolute atomic E-state index is 0.0710. The van der Waals surface area contributed by atoms with Crippen LogP contribution in [0.25, 0.3) is 0 Å². The molecule has 17 heavy (non-hydrogen) atoms. The molecule has 0 radical (unpaired) electrons. The Bertz CT molecular complexity index is 467. The summed E-state index contributed by atoms with van der Waals surface area (Å²) in [7, 11) is 0. The van der Waals surface area contributed by atoms with Gasteiger partial charge >= 0.3 is 5.97 Å². The van der Waals surface area contributed by atoms with E-state index >= 15 is 0 Å². The molecule has 6 nitrogen and oxygen atoms in total. The van der Waals surface area contributed by atoms with E-state index in [1.165, 1.54) is 17.6 Å². The quantitative estimate of drug-likeness (QED) is 0.745. The van der Waals surface area contributed by atoms with Gasteiger partial charge in [0, 0.05) is 25.2 Å². The molecule has 0 fully saturated rings. The number of carboxylic acids is 1. The van der Waals surface area contributed by atoms with Gasteiger partial charge < -0.3 is 15.0 Å². The van der Waals surface area contributed by atoms with Gasteiger partial charge in [0.05, 0.1) is 0 Å². The Balaban J connectivity index is 2.47. The van der Waals surface area contributed by atoms with Crippen LogP contribution in [0, 0.1) is 0 Å². The largest absolute Gasteiger partial charge is 0.480 e. The standard InChI is InChI=1S/C11H14N2O4/c1-8(11(16)17)12-9(14)5-7-13-6-3-2-4-10(13)15/h2-4,6,8H,5,7H2,1H3,(H,12,14)(H,16,17)/t8-/m0/s1. The van der Waals surface area contributed by atoms with Crippen LogP contribution in [0.15, 0.2) is 29.2 Å². The number of aliphatic carboxylic acids is 1. The van der Waals surface area contributed by atoms with E-state index in [1.807, 2.05) is 0 Å². The number of carbonyl (C=O) groups excluding carboxylic acids is 1. The SMILES string of the molecule is C[C@H](NC(=O)CCn1ccccc1=O)C(=O)O. The van der Waals surface area contributed by atoms with E-state index in [1.54, 1.807) is 18.3 Å². The van der Waals surface area contributed by atoms with Crippen LogP contribution >= 0.6 is 0 Å². The summed E-state index contributed by atoms with van der Waals surface area (Å²) in [5, 5.41) is 10.9. The summed E-state index contributed by atoms with van der Waals surface area (Å²) in [6.45, 7) is 1.62. The van der Waals surface area contributed by atoms with Gasteiger partial charge in [-0.05, 0) is 13.0 Å². The summed E-state index contributed by atoms with van der Waals surface area (Å²) in [6.07, 6.45) is 1.65. The first-order valence-corrected chi connectivity index (χ1v) is 5.18. The first-order valence-electron chi connectivity index (χ1n) is 5.18. The molecule has 0 bridgehead atoms. The lowest BCUT2D eigenvalue weighted by Gasteiger charge is -2.09. The maximum absolute atomic E-state index is 11.4. The minimum Gasteiger partial charge on any atom is -0.480 e. The van der Waals surface area contributed by atoms with Crippen molar-refractivity contribution in [1.82, 2.24) is 9.88 Å². The Labute approximate surface area is 97.9 Å². The van der Waals surface area contributed by atoms with E-state index in [2.05, 4.69) is 5.32 Å². The van der Waals surface area contributed by atoms with E-state index in [-0.39, 0.29) is 18.5 Å². The molecule has 1 atom stereocenters. The molecule has 2 N–H and O–H groups in total. The predicted molar refractivity (Wildman–Crippen MR) is 60.6 cm³/mol. The zero-order chi connectivity index (χ0) is 12.8. The minimum atomic E-state index is -1.09. The topological polar surface area (TPSA) is 88.4 Å². The highest BCUT2D eigenvalue weighted by Crippen LogP contribution is 1.90. The Kier molecular flexibility index (Phi) is 4.45. The number of rotatable bonds is 5. The number of hydrogen-bond donors (Lipinski definition) is 2. The van der Waals surface area contributed by atoms with Crippen molar-refractivity contribution in [2.45, 2.75) is 25.9 Å². The molecule has 0 spiro atoms. The molecule has 1 rings (SSSR count).